The van der Waals surface area contributed by atoms with E-state index in [-0.39, 0.29) is 17.9 Å². The molecule has 2 aromatic carbocycles. The Kier molecular flexibility index (Phi) is 5.54. The lowest BCUT2D eigenvalue weighted by molar-refractivity contribution is 0.429. The lowest BCUT2D eigenvalue weighted by Crippen LogP contribution is -2.33. The largest absolute Gasteiger partial charge is 0.493 e. The maximum absolute atomic E-state index is 13.0. The number of halogens is 1. The fraction of sp³-hybridized carbons (Fsp3) is 0.190. The summed E-state index contributed by atoms with van der Waals surface area (Å²) in [7, 11) is 0. The van der Waals surface area contributed by atoms with Gasteiger partial charge in [-0.2, -0.15) is 0 Å². The molecule has 1 aromatic heterocycles. The van der Waals surface area contributed by atoms with Gasteiger partial charge in [0.15, 0.2) is 0 Å². The van der Waals surface area contributed by atoms with Crippen LogP contribution in [0.3, 0.4) is 0 Å². The molecule has 0 bridgehead atoms. The monoisotopic (exact) mass is 381 g/mol. The molecule has 1 heterocycles. The summed E-state index contributed by atoms with van der Waals surface area (Å²) in [5.74, 6) is -0.806. The third kappa shape index (κ3) is 3.93. The first-order chi connectivity index (χ1) is 13.4. The topological polar surface area (TPSA) is 87.4 Å². The third-order valence-corrected chi connectivity index (χ3v) is 4.37. The van der Waals surface area contributed by atoms with Crippen molar-refractivity contribution in [2.45, 2.75) is 26.8 Å². The Balaban J connectivity index is 2.08. The van der Waals surface area contributed by atoms with Crippen molar-refractivity contribution < 1.29 is 9.50 Å². The zero-order valence-electron chi connectivity index (χ0n) is 15.6. The number of hydrogen-bond donors (Lipinski definition) is 2. The Bertz CT molecular complexity index is 1130. The molecule has 0 amide bonds. The van der Waals surface area contributed by atoms with Crippen LogP contribution in [0.15, 0.2) is 63.1 Å². The number of aromatic hydroxyl groups is 1. The molecule has 0 saturated carbocycles. The third-order valence-electron chi connectivity index (χ3n) is 4.37. The van der Waals surface area contributed by atoms with Gasteiger partial charge in [-0.05, 0) is 43.2 Å². The van der Waals surface area contributed by atoms with Gasteiger partial charge in [0, 0.05) is 0 Å². The SMILES string of the molecule is CCC(=NCc1ccc(F)cc1)c1c(O)n(-c2ccc(C)cc2)c(=O)[nH]c1=O. The maximum atomic E-state index is 13.0. The van der Waals surface area contributed by atoms with E-state index in [1.165, 1.54) is 12.1 Å². The van der Waals surface area contributed by atoms with E-state index in [4.69, 9.17) is 0 Å². The average Bonchev–Trinajstić information content (AvgIpc) is 2.67. The molecular weight excluding hydrogens is 361 g/mol. The minimum atomic E-state index is -0.732. The van der Waals surface area contributed by atoms with Gasteiger partial charge >= 0.3 is 5.69 Å². The van der Waals surface area contributed by atoms with Gasteiger partial charge in [-0.1, -0.05) is 36.8 Å². The molecule has 28 heavy (non-hydrogen) atoms. The van der Waals surface area contributed by atoms with Gasteiger partial charge in [0.2, 0.25) is 5.88 Å². The molecular formula is C21H20FN3O3. The highest BCUT2D eigenvalue weighted by Gasteiger charge is 2.19. The minimum absolute atomic E-state index is 0.0511. The van der Waals surface area contributed by atoms with Crippen LogP contribution in [-0.4, -0.2) is 20.4 Å². The zero-order chi connectivity index (χ0) is 20.3. The van der Waals surface area contributed by atoms with E-state index in [1.807, 2.05) is 6.92 Å². The normalized spacial score (nSPS) is 11.6. The standard InChI is InChI=1S/C21H20FN3O3/c1-3-17(23-12-14-6-8-15(22)9-7-14)18-19(26)24-21(28)25(20(18)27)16-10-4-13(2)5-11-16/h4-11,27H,3,12H2,1-2H3,(H,24,26,28). The Hall–Kier alpha value is -3.48. The first kappa shape index (κ1) is 19.3. The van der Waals surface area contributed by atoms with Gasteiger partial charge in [-0.15, -0.1) is 0 Å². The van der Waals surface area contributed by atoms with Crippen molar-refractivity contribution in [1.29, 1.82) is 0 Å². The second-order valence-electron chi connectivity index (χ2n) is 6.37. The first-order valence-electron chi connectivity index (χ1n) is 8.84. The fourth-order valence-electron chi connectivity index (χ4n) is 2.86. The smallest absolute Gasteiger partial charge is 0.335 e. The van der Waals surface area contributed by atoms with E-state index >= 15 is 0 Å². The number of H-pyrrole nitrogens is 1. The molecule has 0 aliphatic carbocycles. The molecule has 0 radical (unpaired) electrons. The summed E-state index contributed by atoms with van der Waals surface area (Å²) in [5, 5.41) is 10.7. The number of aromatic nitrogens is 2. The molecule has 144 valence electrons. The number of aliphatic imine (C=N–C) groups is 1. The molecule has 3 aromatic rings. The first-order valence-corrected chi connectivity index (χ1v) is 8.84. The van der Waals surface area contributed by atoms with Crippen LogP contribution in [0.1, 0.15) is 30.0 Å². The Morgan fingerprint density at radius 2 is 1.75 bits per heavy atom. The molecule has 6 nitrogen and oxygen atoms in total. The average molecular weight is 381 g/mol. The summed E-state index contributed by atoms with van der Waals surface area (Å²) in [6.07, 6.45) is 0.365. The second-order valence-corrected chi connectivity index (χ2v) is 6.37. The maximum Gasteiger partial charge on any atom is 0.335 e. The molecule has 0 fully saturated rings. The van der Waals surface area contributed by atoms with Crippen molar-refractivity contribution >= 4 is 5.71 Å². The molecule has 7 heteroatoms. The fourth-order valence-corrected chi connectivity index (χ4v) is 2.86. The van der Waals surface area contributed by atoms with Crippen molar-refractivity contribution in [3.05, 3.63) is 91.9 Å². The number of hydrogen-bond acceptors (Lipinski definition) is 4. The quantitative estimate of drug-likeness (QED) is 0.666. The second kappa shape index (κ2) is 8.04. The lowest BCUT2D eigenvalue weighted by atomic mass is 10.1. The van der Waals surface area contributed by atoms with Crippen molar-refractivity contribution in [2.24, 2.45) is 4.99 Å². The summed E-state index contributed by atoms with van der Waals surface area (Å²) in [5.41, 5.74) is 1.05. The molecule has 0 saturated heterocycles. The highest BCUT2D eigenvalue weighted by molar-refractivity contribution is 6.02. The number of aromatic amines is 1. The number of benzene rings is 2. The summed E-state index contributed by atoms with van der Waals surface area (Å²) in [6, 6.07) is 12.8. The summed E-state index contributed by atoms with van der Waals surface area (Å²) in [6.45, 7) is 3.91. The zero-order valence-corrected chi connectivity index (χ0v) is 15.6. The van der Waals surface area contributed by atoms with Gasteiger partial charge in [-0.25, -0.2) is 13.8 Å². The summed E-state index contributed by atoms with van der Waals surface area (Å²) in [4.78, 5) is 31.3. The van der Waals surface area contributed by atoms with Crippen LogP contribution in [0.25, 0.3) is 5.69 Å². The molecule has 0 aliphatic heterocycles. The van der Waals surface area contributed by atoms with Crippen LogP contribution in [0.5, 0.6) is 5.88 Å². The Morgan fingerprint density at radius 1 is 1.11 bits per heavy atom. The van der Waals surface area contributed by atoms with Gasteiger partial charge in [0.1, 0.15) is 11.4 Å². The van der Waals surface area contributed by atoms with Crippen molar-refractivity contribution in [3.63, 3.8) is 0 Å². The lowest BCUT2D eigenvalue weighted by Gasteiger charge is -2.12. The van der Waals surface area contributed by atoms with Gasteiger partial charge in [0.05, 0.1) is 17.9 Å². The predicted molar refractivity (Wildman–Crippen MR) is 106 cm³/mol. The summed E-state index contributed by atoms with van der Waals surface area (Å²) < 4.78 is 14.1. The van der Waals surface area contributed by atoms with Crippen LogP contribution in [0, 0.1) is 12.7 Å². The van der Waals surface area contributed by atoms with E-state index in [0.717, 1.165) is 15.7 Å². The molecule has 2 N–H and O–H groups in total. The van der Waals surface area contributed by atoms with Crippen LogP contribution in [0.2, 0.25) is 0 Å². The molecule has 3 rings (SSSR count). The van der Waals surface area contributed by atoms with Crippen LogP contribution >= 0.6 is 0 Å². The van der Waals surface area contributed by atoms with E-state index in [9.17, 15) is 19.1 Å². The number of nitrogens with zero attached hydrogens (tertiary/aromatic N) is 2. The van der Waals surface area contributed by atoms with Crippen LogP contribution in [-0.2, 0) is 6.54 Å². The Morgan fingerprint density at radius 3 is 2.36 bits per heavy atom. The molecule has 0 spiro atoms. The minimum Gasteiger partial charge on any atom is -0.493 e. The molecule has 0 aliphatic rings. The number of rotatable bonds is 5. The van der Waals surface area contributed by atoms with E-state index in [0.29, 0.717) is 17.8 Å². The van der Waals surface area contributed by atoms with Crippen molar-refractivity contribution in [2.75, 3.05) is 0 Å². The highest BCUT2D eigenvalue weighted by atomic mass is 19.1. The van der Waals surface area contributed by atoms with E-state index in [2.05, 4.69) is 9.98 Å². The Labute approximate surface area is 160 Å². The van der Waals surface area contributed by atoms with Gasteiger partial charge in [0.25, 0.3) is 5.56 Å². The number of nitrogens with one attached hydrogen (secondary N) is 1. The molecule has 0 unspecified atom stereocenters. The van der Waals surface area contributed by atoms with E-state index in [1.54, 1.807) is 43.3 Å². The predicted octanol–water partition coefficient (Wildman–Crippen LogP) is 3.08. The van der Waals surface area contributed by atoms with Crippen LogP contribution in [0.4, 0.5) is 4.39 Å². The van der Waals surface area contributed by atoms with Gasteiger partial charge < -0.3 is 5.11 Å². The van der Waals surface area contributed by atoms with E-state index < -0.39 is 17.1 Å². The number of aryl methyl sites for hydroxylation is 1. The van der Waals surface area contributed by atoms with Crippen LogP contribution < -0.4 is 11.2 Å². The summed E-state index contributed by atoms with van der Waals surface area (Å²) >= 11 is 0. The highest BCUT2D eigenvalue weighted by Crippen LogP contribution is 2.19. The molecule has 0 atom stereocenters. The van der Waals surface area contributed by atoms with Crippen molar-refractivity contribution in [3.8, 4) is 11.6 Å². The van der Waals surface area contributed by atoms with Gasteiger partial charge in [-0.3, -0.25) is 14.8 Å². The van der Waals surface area contributed by atoms with Crippen molar-refractivity contribution in [1.82, 2.24) is 9.55 Å².